The number of hydrogen-bond donors (Lipinski definition) is 3. The van der Waals surface area contributed by atoms with Crippen molar-refractivity contribution in [1.29, 1.82) is 0 Å². The van der Waals surface area contributed by atoms with Crippen LogP contribution in [0.3, 0.4) is 0 Å². The summed E-state index contributed by atoms with van der Waals surface area (Å²) in [6.07, 6.45) is -1.22. The van der Waals surface area contributed by atoms with Gasteiger partial charge in [-0.25, -0.2) is 23.2 Å². The van der Waals surface area contributed by atoms with Crippen molar-refractivity contribution in [3.8, 4) is 11.6 Å². The first-order chi connectivity index (χ1) is 27.2. The molecule has 4 amide bonds. The van der Waals surface area contributed by atoms with Crippen LogP contribution in [0.2, 0.25) is 5.15 Å². The molecule has 2 aliphatic heterocycles. The number of halogens is 4. The van der Waals surface area contributed by atoms with Crippen molar-refractivity contribution < 1.29 is 55.0 Å². The van der Waals surface area contributed by atoms with Gasteiger partial charge in [0.2, 0.25) is 27.4 Å². The van der Waals surface area contributed by atoms with E-state index in [2.05, 4.69) is 25.3 Å². The highest BCUT2D eigenvalue weighted by molar-refractivity contribution is 7.91. The number of ether oxygens (including phenoxy) is 3. The molecular formula is C38H48ClF3N6O9S. The number of allylic oxidation sites excluding steroid dienone is 1. The normalized spacial score (nSPS) is 28.9. The van der Waals surface area contributed by atoms with E-state index in [-0.39, 0.29) is 36.3 Å². The van der Waals surface area contributed by atoms with Crippen LogP contribution in [0.25, 0.3) is 11.0 Å². The molecular weight excluding hydrogens is 809 g/mol. The van der Waals surface area contributed by atoms with Gasteiger partial charge in [-0.15, -0.1) is 0 Å². The number of rotatable bonds is 9. The Morgan fingerprint density at radius 3 is 2.48 bits per heavy atom. The molecule has 1 saturated heterocycles. The summed E-state index contributed by atoms with van der Waals surface area (Å²) in [5, 5.41) is 4.33. The fourth-order valence-electron chi connectivity index (χ4n) is 7.52. The molecule has 0 bridgehead atoms. The fourth-order valence-corrected chi connectivity index (χ4v) is 9.06. The molecule has 1 aromatic heterocycles. The van der Waals surface area contributed by atoms with Crippen molar-refractivity contribution in [2.75, 3.05) is 13.7 Å². The highest BCUT2D eigenvalue weighted by Crippen LogP contribution is 2.46. The first kappa shape index (κ1) is 43.2. The van der Waals surface area contributed by atoms with E-state index >= 15 is 0 Å². The third kappa shape index (κ3) is 9.24. The minimum Gasteiger partial charge on any atom is -0.497 e. The highest BCUT2D eigenvalue weighted by Gasteiger charge is 2.62. The Hall–Kier alpha value is -4.39. The molecule has 0 spiro atoms. The average Bonchev–Trinajstić information content (AvgIpc) is 4.07. The van der Waals surface area contributed by atoms with Crippen molar-refractivity contribution in [3.63, 3.8) is 0 Å². The molecule has 0 unspecified atom stereocenters. The van der Waals surface area contributed by atoms with Crippen molar-refractivity contribution in [2.45, 2.75) is 120 Å². The first-order valence-electron chi connectivity index (χ1n) is 19.3. The van der Waals surface area contributed by atoms with Crippen LogP contribution in [0.15, 0.2) is 30.4 Å². The summed E-state index contributed by atoms with van der Waals surface area (Å²) in [5.74, 6) is -3.38. The Balaban J connectivity index is 1.36. The van der Waals surface area contributed by atoms with E-state index < -0.39 is 86.4 Å². The van der Waals surface area contributed by atoms with Crippen LogP contribution < -0.4 is 24.8 Å². The number of aromatic nitrogens is 2. The van der Waals surface area contributed by atoms with Crippen LogP contribution in [0.5, 0.6) is 11.6 Å². The zero-order chi connectivity index (χ0) is 42.4. The number of fused-ring (bicyclic) bond motifs is 3. The summed E-state index contributed by atoms with van der Waals surface area (Å²) in [4.78, 5) is 66.3. The second kappa shape index (κ2) is 16.3. The number of sulfonamides is 1. The lowest BCUT2D eigenvalue weighted by atomic mass is 9.85. The van der Waals surface area contributed by atoms with E-state index in [1.165, 1.54) is 7.11 Å². The van der Waals surface area contributed by atoms with E-state index in [0.717, 1.165) is 4.90 Å². The number of carbonyl (C=O) groups is 4. The number of hydrogen-bond acceptors (Lipinski definition) is 11. The van der Waals surface area contributed by atoms with Crippen molar-refractivity contribution in [1.82, 2.24) is 30.2 Å². The number of nitrogens with zero attached hydrogens (tertiary/aromatic N) is 3. The molecule has 20 heteroatoms. The van der Waals surface area contributed by atoms with Crippen LogP contribution in [0.1, 0.15) is 79.1 Å². The molecule has 318 valence electrons. The summed E-state index contributed by atoms with van der Waals surface area (Å²) in [6.45, 7) is 4.81. The summed E-state index contributed by atoms with van der Waals surface area (Å²) in [7, 11) is -2.52. The molecule has 3 fully saturated rings. The third-order valence-corrected chi connectivity index (χ3v) is 13.4. The van der Waals surface area contributed by atoms with Gasteiger partial charge in [0.1, 0.15) is 29.5 Å². The van der Waals surface area contributed by atoms with Gasteiger partial charge in [-0.1, -0.05) is 44.0 Å². The molecule has 15 nitrogen and oxygen atoms in total. The predicted octanol–water partition coefficient (Wildman–Crippen LogP) is 4.96. The standard InChI is InChI=1S/C38H48ClF3N6O9S/c1-6-21-15-20(2)9-7-8-10-22-18-37(22,34(51)47-58(53,54)25-12-13-25)46-31(49)28-17-24(56-32-30(39)43-26-14-11-23(55-5)16-27(26)44-32)19-48(28)33(50)29(21)45-35(52)57-36(3,4)38(40,41)42/h8,10-11,14,16,20-22,24-25,28-29H,6-7,9,12-13,15,17-19H2,1-5H3,(H,45,52)(H,46,49)(H,47,51)/b10-8-/t20-,21-,22-,24-,28+,29+,37-/m1/s1. The van der Waals surface area contributed by atoms with E-state index in [9.17, 15) is 40.8 Å². The topological polar surface area (TPSA) is 195 Å². The molecule has 7 atom stereocenters. The van der Waals surface area contributed by atoms with E-state index in [1.54, 1.807) is 31.2 Å². The zero-order valence-electron chi connectivity index (χ0n) is 32.7. The van der Waals surface area contributed by atoms with Crippen LogP contribution in [-0.4, -0.2) is 102 Å². The van der Waals surface area contributed by atoms with Gasteiger partial charge in [-0.05, 0) is 76.3 Å². The molecule has 1 aromatic carbocycles. The van der Waals surface area contributed by atoms with Crippen LogP contribution >= 0.6 is 11.6 Å². The Morgan fingerprint density at radius 1 is 1.10 bits per heavy atom. The molecule has 58 heavy (non-hydrogen) atoms. The Bertz CT molecular complexity index is 2080. The molecule has 4 aliphatic rings. The molecule has 2 aliphatic carbocycles. The largest absolute Gasteiger partial charge is 0.497 e. The maximum atomic E-state index is 14.8. The lowest BCUT2D eigenvalue weighted by Crippen LogP contribution is -2.59. The minimum atomic E-state index is -4.93. The number of alkyl halides is 3. The Morgan fingerprint density at radius 2 is 1.83 bits per heavy atom. The second-order valence-corrected chi connectivity index (χ2v) is 18.5. The van der Waals surface area contributed by atoms with Crippen LogP contribution in [-0.2, 0) is 29.1 Å². The highest BCUT2D eigenvalue weighted by atomic mass is 35.5. The van der Waals surface area contributed by atoms with Gasteiger partial charge >= 0.3 is 12.3 Å². The molecule has 6 rings (SSSR count). The van der Waals surface area contributed by atoms with Crippen molar-refractivity contribution >= 4 is 56.5 Å². The molecule has 2 saturated carbocycles. The summed E-state index contributed by atoms with van der Waals surface area (Å²) >= 11 is 6.48. The van der Waals surface area contributed by atoms with E-state index in [1.807, 2.05) is 13.0 Å². The van der Waals surface area contributed by atoms with E-state index in [4.69, 9.17) is 25.8 Å². The maximum absolute atomic E-state index is 14.8. The maximum Gasteiger partial charge on any atom is 0.427 e. The fraction of sp³-hybridized carbons (Fsp3) is 0.632. The third-order valence-electron chi connectivity index (χ3n) is 11.4. The van der Waals surface area contributed by atoms with Gasteiger partial charge in [0.25, 0.3) is 11.8 Å². The van der Waals surface area contributed by atoms with Crippen LogP contribution in [0, 0.1) is 17.8 Å². The van der Waals surface area contributed by atoms with Gasteiger partial charge in [-0.3, -0.25) is 19.1 Å². The number of amides is 4. The quantitative estimate of drug-likeness (QED) is 0.289. The zero-order valence-corrected chi connectivity index (χ0v) is 34.3. The number of benzene rings is 1. The first-order valence-corrected chi connectivity index (χ1v) is 21.2. The number of carbonyl (C=O) groups excluding carboxylic acids is 4. The monoisotopic (exact) mass is 856 g/mol. The van der Waals surface area contributed by atoms with Crippen molar-refractivity contribution in [3.05, 3.63) is 35.5 Å². The summed E-state index contributed by atoms with van der Waals surface area (Å²) in [5.41, 5.74) is -3.76. The minimum absolute atomic E-state index is 0.0483. The predicted molar refractivity (Wildman–Crippen MR) is 204 cm³/mol. The number of methoxy groups -OCH3 is 1. The lowest BCUT2D eigenvalue weighted by Gasteiger charge is -2.35. The molecule has 0 radical (unpaired) electrons. The number of alkyl carbamates (subject to hydrolysis) is 1. The van der Waals surface area contributed by atoms with Crippen LogP contribution in [0.4, 0.5) is 18.0 Å². The molecule has 3 N–H and O–H groups in total. The molecule has 3 heterocycles. The van der Waals surface area contributed by atoms with Gasteiger partial charge in [0.15, 0.2) is 5.15 Å². The van der Waals surface area contributed by atoms with E-state index in [0.29, 0.717) is 69.2 Å². The lowest BCUT2D eigenvalue weighted by molar-refractivity contribution is -0.244. The van der Waals surface area contributed by atoms with Crippen molar-refractivity contribution in [2.24, 2.45) is 17.8 Å². The SMILES string of the molecule is CC[C@@H]1C[C@H](C)CC/C=C\[C@@H]2C[C@@]2(C(=O)NS(=O)(=O)C2CC2)NC(=O)[C@@H]2C[C@@H](Oc3nc4cc(OC)ccc4nc3Cl)CN2C(=O)[C@H]1NC(=O)OC(C)(C)C(F)(F)F. The second-order valence-electron chi connectivity index (χ2n) is 16.1. The summed E-state index contributed by atoms with van der Waals surface area (Å²) < 4.78 is 85.5. The number of nitrogens with one attached hydrogen (secondary N) is 3. The van der Waals surface area contributed by atoms with Gasteiger partial charge in [0.05, 0.1) is 29.9 Å². The van der Waals surface area contributed by atoms with Gasteiger partial charge in [0, 0.05) is 18.4 Å². The molecule has 2 aromatic rings. The summed E-state index contributed by atoms with van der Waals surface area (Å²) in [6, 6.07) is 2.10. The van der Waals surface area contributed by atoms with Gasteiger partial charge in [-0.2, -0.15) is 13.2 Å². The average molecular weight is 857 g/mol. The smallest absolute Gasteiger partial charge is 0.427 e. The van der Waals surface area contributed by atoms with Gasteiger partial charge < -0.3 is 29.7 Å². The Labute approximate surface area is 339 Å². The Kier molecular flexibility index (Phi) is 12.2.